The van der Waals surface area contributed by atoms with Gasteiger partial charge in [-0.05, 0) is 62.6 Å². The smallest absolute Gasteiger partial charge is 0.414 e. The van der Waals surface area contributed by atoms with Crippen LogP contribution in [0.25, 0.3) is 0 Å². The van der Waals surface area contributed by atoms with Crippen LogP contribution in [-0.4, -0.2) is 31.2 Å². The zero-order valence-corrected chi connectivity index (χ0v) is 16.4. The maximum atomic E-state index is 13.2. The number of amides is 2. The zero-order valence-electron chi connectivity index (χ0n) is 16.4. The minimum Gasteiger partial charge on any atom is -0.449 e. The lowest BCUT2D eigenvalue weighted by molar-refractivity contribution is 0.0981. The van der Waals surface area contributed by atoms with E-state index in [-0.39, 0.29) is 18.0 Å². The van der Waals surface area contributed by atoms with Crippen molar-refractivity contribution in [2.24, 2.45) is 0 Å². The first kappa shape index (κ1) is 19.0. The van der Waals surface area contributed by atoms with Gasteiger partial charge in [0.05, 0.1) is 24.0 Å². The summed E-state index contributed by atoms with van der Waals surface area (Å²) >= 11 is 0. The Bertz CT molecular complexity index is 848. The van der Waals surface area contributed by atoms with Crippen LogP contribution in [0.4, 0.5) is 16.2 Å². The monoisotopic (exact) mass is 366 g/mol. The van der Waals surface area contributed by atoms with Gasteiger partial charge in [-0.15, -0.1) is 0 Å². The van der Waals surface area contributed by atoms with Crippen LogP contribution in [0.5, 0.6) is 0 Å². The number of aryl methyl sites for hydroxylation is 2. The van der Waals surface area contributed by atoms with Gasteiger partial charge in [0, 0.05) is 12.1 Å². The van der Waals surface area contributed by atoms with E-state index in [1.807, 2.05) is 63.2 Å². The molecule has 2 aromatic rings. The van der Waals surface area contributed by atoms with E-state index in [9.17, 15) is 9.59 Å². The van der Waals surface area contributed by atoms with Crippen molar-refractivity contribution >= 4 is 23.4 Å². The van der Waals surface area contributed by atoms with E-state index in [0.29, 0.717) is 18.7 Å². The highest BCUT2D eigenvalue weighted by Gasteiger charge is 2.37. The SMILES string of the molecule is CCOC(=O)N1c2cc(C)c(C)cc2N(C(=O)c2ccccc2)CC1CC. The average Bonchev–Trinajstić information content (AvgIpc) is 2.68. The highest BCUT2D eigenvalue weighted by Crippen LogP contribution is 2.39. The van der Waals surface area contributed by atoms with Crippen LogP contribution in [0.2, 0.25) is 0 Å². The van der Waals surface area contributed by atoms with Gasteiger partial charge in [-0.2, -0.15) is 0 Å². The first-order valence-electron chi connectivity index (χ1n) is 9.42. The molecule has 0 radical (unpaired) electrons. The van der Waals surface area contributed by atoms with Crippen molar-refractivity contribution in [1.82, 2.24) is 0 Å². The lowest BCUT2D eigenvalue weighted by Gasteiger charge is -2.42. The van der Waals surface area contributed by atoms with Crippen molar-refractivity contribution in [1.29, 1.82) is 0 Å². The molecule has 3 rings (SSSR count). The Labute approximate surface area is 160 Å². The largest absolute Gasteiger partial charge is 0.449 e. The van der Waals surface area contributed by atoms with Gasteiger partial charge in [0.15, 0.2) is 0 Å². The summed E-state index contributed by atoms with van der Waals surface area (Å²) in [6.45, 7) is 8.61. The Morgan fingerprint density at radius 3 is 2.26 bits per heavy atom. The van der Waals surface area contributed by atoms with Gasteiger partial charge in [-0.3, -0.25) is 9.69 Å². The molecule has 5 heteroatoms. The highest BCUT2D eigenvalue weighted by molar-refractivity contribution is 6.10. The highest BCUT2D eigenvalue weighted by atomic mass is 16.6. The Morgan fingerprint density at radius 2 is 1.67 bits per heavy atom. The number of ether oxygens (including phenoxy) is 1. The standard InChI is InChI=1S/C22H26N2O3/c1-5-18-14-23(21(25)17-10-8-7-9-11-17)19-12-15(3)16(4)13-20(19)24(18)22(26)27-6-2/h7-13,18H,5-6,14H2,1-4H3. The van der Waals surface area contributed by atoms with Crippen LogP contribution in [0.1, 0.15) is 41.8 Å². The molecule has 142 valence electrons. The van der Waals surface area contributed by atoms with E-state index in [1.54, 1.807) is 16.7 Å². The quantitative estimate of drug-likeness (QED) is 0.791. The van der Waals surface area contributed by atoms with Crippen molar-refractivity contribution in [3.63, 3.8) is 0 Å². The Kier molecular flexibility index (Phi) is 5.49. The molecular weight excluding hydrogens is 340 g/mol. The summed E-state index contributed by atoms with van der Waals surface area (Å²) in [4.78, 5) is 29.4. The summed E-state index contributed by atoms with van der Waals surface area (Å²) in [7, 11) is 0. The molecule has 27 heavy (non-hydrogen) atoms. The maximum Gasteiger partial charge on any atom is 0.414 e. The lowest BCUT2D eigenvalue weighted by atomic mass is 9.99. The Balaban J connectivity index is 2.12. The molecule has 1 aliphatic heterocycles. The molecule has 0 saturated carbocycles. The number of rotatable bonds is 3. The first-order chi connectivity index (χ1) is 13.0. The van der Waals surface area contributed by atoms with Crippen LogP contribution < -0.4 is 9.80 Å². The van der Waals surface area contributed by atoms with Crippen molar-refractivity contribution in [3.05, 3.63) is 59.2 Å². The second kappa shape index (κ2) is 7.82. The van der Waals surface area contributed by atoms with Crippen LogP contribution in [0.3, 0.4) is 0 Å². The third kappa shape index (κ3) is 3.54. The number of carbonyl (C=O) groups excluding carboxylic acids is 2. The summed E-state index contributed by atoms with van der Waals surface area (Å²) in [6.07, 6.45) is 0.365. The summed E-state index contributed by atoms with van der Waals surface area (Å²) in [6, 6.07) is 13.1. The summed E-state index contributed by atoms with van der Waals surface area (Å²) in [5, 5.41) is 0. The zero-order chi connectivity index (χ0) is 19.6. The lowest BCUT2D eigenvalue weighted by Crippen LogP contribution is -2.53. The number of benzene rings is 2. The third-order valence-electron chi connectivity index (χ3n) is 5.10. The third-order valence-corrected chi connectivity index (χ3v) is 5.10. The van der Waals surface area contributed by atoms with Crippen LogP contribution >= 0.6 is 0 Å². The first-order valence-corrected chi connectivity index (χ1v) is 9.42. The number of nitrogens with zero attached hydrogens (tertiary/aromatic N) is 2. The maximum absolute atomic E-state index is 13.2. The minimum atomic E-state index is -0.360. The van der Waals surface area contributed by atoms with Crippen molar-refractivity contribution in [2.75, 3.05) is 23.0 Å². The summed E-state index contributed by atoms with van der Waals surface area (Å²) in [5.74, 6) is -0.0536. The van der Waals surface area contributed by atoms with E-state index in [2.05, 4.69) is 0 Å². The summed E-state index contributed by atoms with van der Waals surface area (Å²) < 4.78 is 5.30. The van der Waals surface area contributed by atoms with E-state index in [4.69, 9.17) is 4.74 Å². The number of anilines is 2. The molecule has 0 bridgehead atoms. The van der Waals surface area contributed by atoms with Crippen LogP contribution in [0.15, 0.2) is 42.5 Å². The van der Waals surface area contributed by atoms with E-state index >= 15 is 0 Å². The summed E-state index contributed by atoms with van der Waals surface area (Å²) in [5.41, 5.74) is 4.29. The number of carbonyl (C=O) groups is 2. The molecule has 0 N–H and O–H groups in total. The predicted molar refractivity (Wildman–Crippen MR) is 108 cm³/mol. The van der Waals surface area contributed by atoms with E-state index in [0.717, 1.165) is 28.9 Å². The second-order valence-corrected chi connectivity index (χ2v) is 6.84. The molecular formula is C22H26N2O3. The van der Waals surface area contributed by atoms with Gasteiger partial charge >= 0.3 is 6.09 Å². The van der Waals surface area contributed by atoms with E-state index < -0.39 is 0 Å². The Morgan fingerprint density at radius 1 is 1.04 bits per heavy atom. The average molecular weight is 366 g/mol. The van der Waals surface area contributed by atoms with Crippen LogP contribution in [-0.2, 0) is 4.74 Å². The molecule has 5 nitrogen and oxygen atoms in total. The molecule has 1 atom stereocenters. The van der Waals surface area contributed by atoms with Gasteiger partial charge in [-0.25, -0.2) is 4.79 Å². The van der Waals surface area contributed by atoms with Gasteiger partial charge in [0.2, 0.25) is 0 Å². The van der Waals surface area contributed by atoms with Crippen molar-refractivity contribution < 1.29 is 14.3 Å². The van der Waals surface area contributed by atoms with Crippen molar-refractivity contribution in [3.8, 4) is 0 Å². The topological polar surface area (TPSA) is 49.9 Å². The molecule has 0 fully saturated rings. The van der Waals surface area contributed by atoms with Gasteiger partial charge < -0.3 is 9.64 Å². The van der Waals surface area contributed by atoms with Gasteiger partial charge in [-0.1, -0.05) is 25.1 Å². The molecule has 0 saturated heterocycles. The fourth-order valence-corrected chi connectivity index (χ4v) is 3.46. The Hall–Kier alpha value is -2.82. The molecule has 0 aromatic heterocycles. The number of hydrogen-bond acceptors (Lipinski definition) is 3. The normalized spacial score (nSPS) is 16.1. The second-order valence-electron chi connectivity index (χ2n) is 6.84. The predicted octanol–water partition coefficient (Wildman–Crippen LogP) is 4.71. The van der Waals surface area contributed by atoms with Crippen LogP contribution in [0, 0.1) is 13.8 Å². The number of fused-ring (bicyclic) bond motifs is 1. The molecule has 1 unspecified atom stereocenters. The molecule has 0 spiro atoms. The van der Waals surface area contributed by atoms with Crippen molar-refractivity contribution in [2.45, 2.75) is 40.2 Å². The fourth-order valence-electron chi connectivity index (χ4n) is 3.46. The van der Waals surface area contributed by atoms with Gasteiger partial charge in [0.25, 0.3) is 5.91 Å². The number of hydrogen-bond donors (Lipinski definition) is 0. The minimum absolute atomic E-state index is 0.0536. The molecule has 1 heterocycles. The molecule has 2 amide bonds. The molecule has 2 aromatic carbocycles. The molecule has 1 aliphatic rings. The fraction of sp³-hybridized carbons (Fsp3) is 0.364. The van der Waals surface area contributed by atoms with E-state index in [1.165, 1.54) is 0 Å². The van der Waals surface area contributed by atoms with Gasteiger partial charge in [0.1, 0.15) is 0 Å². The molecule has 0 aliphatic carbocycles.